The summed E-state index contributed by atoms with van der Waals surface area (Å²) in [4.78, 5) is 36.2. The maximum absolute atomic E-state index is 12.2. The summed E-state index contributed by atoms with van der Waals surface area (Å²) >= 11 is 0. The summed E-state index contributed by atoms with van der Waals surface area (Å²) < 4.78 is 63.1. The van der Waals surface area contributed by atoms with Gasteiger partial charge in [-0.2, -0.15) is 0 Å². The molecule has 0 aromatic heterocycles. The van der Waals surface area contributed by atoms with Crippen molar-refractivity contribution in [1.29, 1.82) is 0 Å². The van der Waals surface area contributed by atoms with E-state index in [0.29, 0.717) is 0 Å². The average Bonchev–Trinajstić information content (AvgIpc) is 2.60. The molecule has 0 aromatic carbocycles. The SMILES string of the molecule is CCOCOC(=O)CC(C(=O)OCOCC)C(C(=O)OCOCC)S(=O)(=O)[O-].[Na+]. The molecule has 0 fully saturated rings. The molecule has 0 aliphatic heterocycles. The molecule has 2 atom stereocenters. The van der Waals surface area contributed by atoms with Gasteiger partial charge in [-0.15, -0.1) is 0 Å². The second-order valence-corrected chi connectivity index (χ2v) is 6.49. The average molecular weight is 452 g/mol. The molecule has 0 aliphatic carbocycles. The number of hydrogen-bond donors (Lipinski definition) is 0. The van der Waals surface area contributed by atoms with Gasteiger partial charge < -0.3 is 33.0 Å². The van der Waals surface area contributed by atoms with Gasteiger partial charge in [-0.1, -0.05) is 0 Å². The zero-order valence-electron chi connectivity index (χ0n) is 16.9. The van der Waals surface area contributed by atoms with Crippen molar-refractivity contribution >= 4 is 28.0 Å². The summed E-state index contributed by atoms with van der Waals surface area (Å²) in [6, 6.07) is 0. The summed E-state index contributed by atoms with van der Waals surface area (Å²) in [5.74, 6) is -5.97. The van der Waals surface area contributed by atoms with E-state index in [2.05, 4.69) is 14.2 Å². The Morgan fingerprint density at radius 2 is 1.21 bits per heavy atom. The van der Waals surface area contributed by atoms with Gasteiger partial charge in [-0.25, -0.2) is 8.42 Å². The van der Waals surface area contributed by atoms with E-state index < -0.39 is 66.0 Å². The summed E-state index contributed by atoms with van der Waals surface area (Å²) in [5, 5.41) is -2.54. The predicted octanol–water partition coefficient (Wildman–Crippen LogP) is -3.48. The summed E-state index contributed by atoms with van der Waals surface area (Å²) in [5.41, 5.74) is 0. The third-order valence-electron chi connectivity index (χ3n) is 3.08. The molecule has 164 valence electrons. The number of ether oxygens (including phenoxy) is 6. The van der Waals surface area contributed by atoms with Crippen LogP contribution in [0.15, 0.2) is 0 Å². The van der Waals surface area contributed by atoms with E-state index in [-0.39, 0.29) is 49.4 Å². The van der Waals surface area contributed by atoms with E-state index in [4.69, 9.17) is 14.2 Å². The Labute approximate surface area is 191 Å². The fourth-order valence-electron chi connectivity index (χ4n) is 1.78. The van der Waals surface area contributed by atoms with Crippen molar-refractivity contribution < 1.29 is 85.3 Å². The van der Waals surface area contributed by atoms with Crippen LogP contribution in [-0.2, 0) is 52.9 Å². The van der Waals surface area contributed by atoms with Gasteiger partial charge >= 0.3 is 47.5 Å². The number of carbonyl (C=O) groups excluding carboxylic acids is 3. The molecule has 0 spiro atoms. The molecule has 0 aromatic rings. The first-order chi connectivity index (χ1) is 13.2. The summed E-state index contributed by atoms with van der Waals surface area (Å²) in [6.45, 7) is 3.70. The second kappa shape index (κ2) is 16.9. The minimum absolute atomic E-state index is 0. The van der Waals surface area contributed by atoms with Crippen LogP contribution < -0.4 is 29.6 Å². The van der Waals surface area contributed by atoms with Crippen LogP contribution in [0.4, 0.5) is 0 Å². The number of esters is 3. The Balaban J connectivity index is 0. The maximum Gasteiger partial charge on any atom is 1.00 e. The molecule has 0 amide bonds. The zero-order chi connectivity index (χ0) is 21.6. The van der Waals surface area contributed by atoms with Crippen LogP contribution in [0.25, 0.3) is 0 Å². The van der Waals surface area contributed by atoms with Crippen molar-refractivity contribution in [2.45, 2.75) is 32.4 Å². The molecule has 0 heterocycles. The molecule has 0 saturated carbocycles. The van der Waals surface area contributed by atoms with E-state index >= 15 is 0 Å². The second-order valence-electron chi connectivity index (χ2n) is 5.00. The largest absolute Gasteiger partial charge is 1.00 e. The predicted molar refractivity (Wildman–Crippen MR) is 89.3 cm³/mol. The quantitative estimate of drug-likeness (QED) is 0.0603. The van der Waals surface area contributed by atoms with E-state index in [1.54, 1.807) is 20.8 Å². The first-order valence-corrected chi connectivity index (χ1v) is 9.82. The van der Waals surface area contributed by atoms with E-state index in [1.165, 1.54) is 0 Å². The summed E-state index contributed by atoms with van der Waals surface area (Å²) in [7, 11) is -5.41. The van der Waals surface area contributed by atoms with E-state index in [9.17, 15) is 27.4 Å². The fraction of sp³-hybridized carbons (Fsp3) is 0.800. The van der Waals surface area contributed by atoms with Crippen molar-refractivity contribution in [2.24, 2.45) is 5.92 Å². The van der Waals surface area contributed by atoms with Crippen molar-refractivity contribution in [1.82, 2.24) is 0 Å². The monoisotopic (exact) mass is 452 g/mol. The first kappa shape index (κ1) is 30.4. The van der Waals surface area contributed by atoms with Gasteiger partial charge in [0.25, 0.3) is 0 Å². The molecule has 2 unspecified atom stereocenters. The Morgan fingerprint density at radius 3 is 1.62 bits per heavy atom. The van der Waals surface area contributed by atoms with Crippen LogP contribution in [0.3, 0.4) is 0 Å². The Morgan fingerprint density at radius 1 is 0.793 bits per heavy atom. The van der Waals surface area contributed by atoms with Crippen molar-refractivity contribution in [2.75, 3.05) is 40.2 Å². The molecule has 0 bridgehead atoms. The Bertz CT molecular complexity index is 594. The normalized spacial score (nSPS) is 13.0. The number of rotatable bonds is 15. The Kier molecular flexibility index (Phi) is 17.8. The fourth-order valence-corrected chi connectivity index (χ4v) is 2.70. The summed E-state index contributed by atoms with van der Waals surface area (Å²) in [6.07, 6.45) is -0.937. The van der Waals surface area contributed by atoms with Crippen LogP contribution in [0.5, 0.6) is 0 Å². The molecule has 0 aliphatic rings. The third-order valence-corrected chi connectivity index (χ3v) is 4.23. The van der Waals surface area contributed by atoms with Crippen molar-refractivity contribution in [3.05, 3.63) is 0 Å². The van der Waals surface area contributed by atoms with Crippen LogP contribution in [0.2, 0.25) is 0 Å². The van der Waals surface area contributed by atoms with Gasteiger partial charge in [-0.05, 0) is 20.8 Å². The molecule has 0 saturated heterocycles. The van der Waals surface area contributed by atoms with Gasteiger partial charge in [0.15, 0.2) is 25.6 Å². The van der Waals surface area contributed by atoms with E-state index in [0.717, 1.165) is 0 Å². The van der Waals surface area contributed by atoms with Crippen LogP contribution >= 0.6 is 0 Å². The van der Waals surface area contributed by atoms with Gasteiger partial charge in [0.05, 0.1) is 12.3 Å². The van der Waals surface area contributed by atoms with Gasteiger partial charge in [0, 0.05) is 19.8 Å². The Hall–Kier alpha value is -0.800. The molecule has 0 rings (SSSR count). The molecule has 12 nitrogen and oxygen atoms in total. The van der Waals surface area contributed by atoms with Crippen molar-refractivity contribution in [3.63, 3.8) is 0 Å². The minimum Gasteiger partial charge on any atom is -0.747 e. The van der Waals surface area contributed by atoms with Gasteiger partial charge in [0.2, 0.25) is 0 Å². The van der Waals surface area contributed by atoms with Crippen molar-refractivity contribution in [3.8, 4) is 0 Å². The van der Waals surface area contributed by atoms with Crippen LogP contribution in [-0.4, -0.2) is 76.3 Å². The molecule has 0 radical (unpaired) electrons. The zero-order valence-corrected chi connectivity index (χ0v) is 19.7. The topological polar surface area (TPSA) is 164 Å². The van der Waals surface area contributed by atoms with Crippen LogP contribution in [0.1, 0.15) is 27.2 Å². The first-order valence-electron chi connectivity index (χ1n) is 8.35. The molecule has 0 N–H and O–H groups in total. The van der Waals surface area contributed by atoms with Gasteiger partial charge in [0.1, 0.15) is 10.1 Å². The molecular weight excluding hydrogens is 427 g/mol. The van der Waals surface area contributed by atoms with Crippen LogP contribution in [0, 0.1) is 5.92 Å². The maximum atomic E-state index is 12.2. The third kappa shape index (κ3) is 13.2. The minimum atomic E-state index is -5.41. The smallest absolute Gasteiger partial charge is 0.747 e. The number of carbonyl (C=O) groups is 3. The molecule has 14 heteroatoms. The standard InChI is InChI=1S/C15H26O12S.Na/c1-4-22-8-25-12(16)7-11(14(17)26-9-23-5-2)13(28(19,20)21)15(18)27-10-24-6-3;/h11,13H,4-10H2,1-3H3,(H,19,20,21);/q;+1/p-1. The molecule has 29 heavy (non-hydrogen) atoms. The van der Waals surface area contributed by atoms with E-state index in [1.807, 2.05) is 0 Å². The van der Waals surface area contributed by atoms with Gasteiger partial charge in [-0.3, -0.25) is 14.4 Å². The number of hydrogen-bond acceptors (Lipinski definition) is 12. The molecular formula is C15H25NaO12S.